The number of rotatable bonds is 5. The van der Waals surface area contributed by atoms with Crippen LogP contribution < -0.4 is 4.74 Å². The quantitative estimate of drug-likeness (QED) is 0.393. The van der Waals surface area contributed by atoms with Crippen molar-refractivity contribution < 1.29 is 14.6 Å². The Balaban J connectivity index is 1.46. The van der Waals surface area contributed by atoms with Gasteiger partial charge >= 0.3 is 5.97 Å². The first-order chi connectivity index (χ1) is 15.0. The van der Waals surface area contributed by atoms with Crippen LogP contribution in [0.4, 0.5) is 0 Å². The lowest BCUT2D eigenvalue weighted by Gasteiger charge is -2.31. The number of nitrogens with one attached hydrogen (secondary N) is 1. The smallest absolute Gasteiger partial charge is 0.325 e. The van der Waals surface area contributed by atoms with E-state index in [4.69, 9.17) is 9.72 Å². The average molecular weight is 498 g/mol. The van der Waals surface area contributed by atoms with E-state index in [0.717, 1.165) is 54.3 Å². The van der Waals surface area contributed by atoms with Crippen molar-refractivity contribution in [2.75, 3.05) is 13.7 Å². The Labute approximate surface area is 191 Å². The van der Waals surface area contributed by atoms with Gasteiger partial charge in [-0.25, -0.2) is 4.98 Å². The number of thiazole rings is 1. The molecular weight excluding hydrogens is 478 g/mol. The van der Waals surface area contributed by atoms with Gasteiger partial charge in [0.1, 0.15) is 16.8 Å². The van der Waals surface area contributed by atoms with Crippen LogP contribution >= 0.6 is 27.3 Å². The number of hydrogen-bond donors (Lipinski definition) is 2. The van der Waals surface area contributed by atoms with E-state index < -0.39 is 12.0 Å². The number of aromatic amines is 1. The van der Waals surface area contributed by atoms with Crippen LogP contribution in [0.5, 0.6) is 5.75 Å². The molecular formula is C23H20BrN3O3S. The van der Waals surface area contributed by atoms with Gasteiger partial charge in [-0.05, 0) is 42.5 Å². The maximum atomic E-state index is 12.3. The number of ether oxygens (including phenoxy) is 1. The molecule has 3 heterocycles. The van der Waals surface area contributed by atoms with Crippen molar-refractivity contribution in [2.24, 2.45) is 0 Å². The van der Waals surface area contributed by atoms with Gasteiger partial charge in [-0.15, -0.1) is 11.3 Å². The van der Waals surface area contributed by atoms with Crippen LogP contribution in [0.3, 0.4) is 0 Å². The highest BCUT2D eigenvalue weighted by atomic mass is 79.9. The third-order valence-corrected chi connectivity index (χ3v) is 7.29. The lowest BCUT2D eigenvalue weighted by atomic mass is 10.0. The van der Waals surface area contributed by atoms with Gasteiger partial charge in [0.2, 0.25) is 0 Å². The van der Waals surface area contributed by atoms with E-state index in [1.54, 1.807) is 18.4 Å². The SMILES string of the molecule is COc1ccc(-c2nc3c(s2)CN([C@H](C(=O)O)c2c[nH]c4ccc(Br)cc24)CC3)cc1. The number of benzene rings is 2. The zero-order chi connectivity index (χ0) is 21.5. The highest BCUT2D eigenvalue weighted by molar-refractivity contribution is 9.10. The summed E-state index contributed by atoms with van der Waals surface area (Å²) in [6.07, 6.45) is 2.55. The number of fused-ring (bicyclic) bond motifs is 2. The third kappa shape index (κ3) is 3.75. The van der Waals surface area contributed by atoms with Gasteiger partial charge in [0.15, 0.2) is 0 Å². The fourth-order valence-electron chi connectivity index (χ4n) is 4.12. The van der Waals surface area contributed by atoms with Crippen molar-refractivity contribution in [1.29, 1.82) is 0 Å². The summed E-state index contributed by atoms with van der Waals surface area (Å²) in [6, 6.07) is 13.0. The monoisotopic (exact) mass is 497 g/mol. The maximum absolute atomic E-state index is 12.3. The van der Waals surface area contributed by atoms with Crippen LogP contribution in [-0.4, -0.2) is 39.6 Å². The predicted molar refractivity (Wildman–Crippen MR) is 125 cm³/mol. The summed E-state index contributed by atoms with van der Waals surface area (Å²) < 4.78 is 6.17. The predicted octanol–water partition coefficient (Wildman–Crippen LogP) is 5.25. The minimum Gasteiger partial charge on any atom is -0.497 e. The Morgan fingerprint density at radius 3 is 2.84 bits per heavy atom. The first-order valence-corrected chi connectivity index (χ1v) is 11.5. The number of aliphatic carboxylic acids is 1. The molecule has 2 aromatic carbocycles. The minimum atomic E-state index is -0.843. The summed E-state index contributed by atoms with van der Waals surface area (Å²) in [5.74, 6) is -0.0323. The molecule has 5 rings (SSSR count). The van der Waals surface area contributed by atoms with Crippen molar-refractivity contribution in [3.05, 3.63) is 69.3 Å². The van der Waals surface area contributed by atoms with Gasteiger partial charge in [0.25, 0.3) is 0 Å². The second-order valence-electron chi connectivity index (χ2n) is 7.51. The molecule has 158 valence electrons. The Morgan fingerprint density at radius 1 is 1.29 bits per heavy atom. The van der Waals surface area contributed by atoms with Gasteiger partial charge in [-0.1, -0.05) is 15.9 Å². The number of carboxylic acids is 1. The number of halogens is 1. The summed E-state index contributed by atoms with van der Waals surface area (Å²) >= 11 is 5.14. The molecule has 0 bridgehead atoms. The Kier molecular flexibility index (Phi) is 5.29. The molecule has 1 aliphatic heterocycles. The average Bonchev–Trinajstić information content (AvgIpc) is 3.38. The van der Waals surface area contributed by atoms with Gasteiger partial charge in [0.05, 0.1) is 12.8 Å². The molecule has 0 radical (unpaired) electrons. The molecule has 0 unspecified atom stereocenters. The van der Waals surface area contributed by atoms with E-state index in [-0.39, 0.29) is 0 Å². The summed E-state index contributed by atoms with van der Waals surface area (Å²) in [5.41, 5.74) is 3.83. The van der Waals surface area contributed by atoms with E-state index in [2.05, 4.69) is 20.9 Å². The fourth-order valence-corrected chi connectivity index (χ4v) is 5.62. The second-order valence-corrected chi connectivity index (χ2v) is 9.51. The van der Waals surface area contributed by atoms with Crippen molar-refractivity contribution in [3.63, 3.8) is 0 Å². The Morgan fingerprint density at radius 2 is 2.10 bits per heavy atom. The number of hydrogen-bond acceptors (Lipinski definition) is 5. The van der Waals surface area contributed by atoms with E-state index >= 15 is 0 Å². The maximum Gasteiger partial charge on any atom is 0.325 e. The highest BCUT2D eigenvalue weighted by Crippen LogP contribution is 2.37. The van der Waals surface area contributed by atoms with Crippen molar-refractivity contribution in [2.45, 2.75) is 19.0 Å². The van der Waals surface area contributed by atoms with Crippen LogP contribution in [0.25, 0.3) is 21.5 Å². The molecule has 6 nitrogen and oxygen atoms in total. The first kappa shape index (κ1) is 20.2. The van der Waals surface area contributed by atoms with E-state index in [1.807, 2.05) is 53.6 Å². The number of H-pyrrole nitrogens is 1. The number of methoxy groups -OCH3 is 1. The highest BCUT2D eigenvalue weighted by Gasteiger charge is 2.33. The molecule has 0 aliphatic carbocycles. The number of aromatic nitrogens is 2. The van der Waals surface area contributed by atoms with Gasteiger partial charge < -0.3 is 14.8 Å². The Hall–Kier alpha value is -2.68. The molecule has 2 aromatic heterocycles. The summed E-state index contributed by atoms with van der Waals surface area (Å²) in [6.45, 7) is 1.22. The number of nitrogens with zero attached hydrogens (tertiary/aromatic N) is 2. The molecule has 8 heteroatoms. The topological polar surface area (TPSA) is 78.4 Å². The van der Waals surface area contributed by atoms with Crippen LogP contribution in [0.1, 0.15) is 22.2 Å². The molecule has 2 N–H and O–H groups in total. The zero-order valence-electron chi connectivity index (χ0n) is 16.8. The summed E-state index contributed by atoms with van der Waals surface area (Å²) in [4.78, 5) is 23.5. The van der Waals surface area contributed by atoms with Crippen molar-refractivity contribution in [3.8, 4) is 16.3 Å². The van der Waals surface area contributed by atoms with E-state index in [9.17, 15) is 9.90 Å². The van der Waals surface area contributed by atoms with Crippen LogP contribution in [0.15, 0.2) is 53.1 Å². The minimum absolute atomic E-state index is 0.570. The molecule has 31 heavy (non-hydrogen) atoms. The van der Waals surface area contributed by atoms with Crippen LogP contribution in [0.2, 0.25) is 0 Å². The number of carbonyl (C=O) groups is 1. The number of carboxylic acid groups (broad SMARTS) is 1. The largest absolute Gasteiger partial charge is 0.497 e. The van der Waals surface area contributed by atoms with E-state index in [0.29, 0.717) is 13.1 Å². The third-order valence-electron chi connectivity index (χ3n) is 5.67. The molecule has 0 spiro atoms. The molecule has 0 amide bonds. The molecule has 0 fully saturated rings. The molecule has 1 atom stereocenters. The molecule has 0 saturated heterocycles. The van der Waals surface area contributed by atoms with Crippen LogP contribution in [0, 0.1) is 0 Å². The fraction of sp³-hybridized carbons (Fsp3) is 0.217. The lowest BCUT2D eigenvalue weighted by Crippen LogP contribution is -2.37. The van der Waals surface area contributed by atoms with Gasteiger partial charge in [-0.2, -0.15) is 0 Å². The second kappa shape index (κ2) is 8.11. The van der Waals surface area contributed by atoms with E-state index in [1.165, 1.54) is 0 Å². The Bertz CT molecular complexity index is 1270. The van der Waals surface area contributed by atoms with Gasteiger partial charge in [0, 0.05) is 57.1 Å². The van der Waals surface area contributed by atoms with Crippen molar-refractivity contribution >= 4 is 44.1 Å². The first-order valence-electron chi connectivity index (χ1n) is 9.90. The zero-order valence-corrected chi connectivity index (χ0v) is 19.2. The van der Waals surface area contributed by atoms with Crippen molar-refractivity contribution in [1.82, 2.24) is 14.9 Å². The van der Waals surface area contributed by atoms with Crippen LogP contribution in [-0.2, 0) is 17.8 Å². The molecule has 0 saturated carbocycles. The van der Waals surface area contributed by atoms with Gasteiger partial charge in [-0.3, -0.25) is 9.69 Å². The molecule has 4 aromatic rings. The lowest BCUT2D eigenvalue weighted by molar-refractivity contribution is -0.144. The summed E-state index contributed by atoms with van der Waals surface area (Å²) in [7, 11) is 1.65. The standard InChI is InChI=1S/C23H20BrN3O3S/c1-30-15-5-2-13(3-6-15)22-26-19-8-9-27(12-20(19)31-22)21(23(28)29)17-11-25-18-7-4-14(24)10-16(17)18/h2-7,10-11,21,25H,8-9,12H2,1H3,(H,28,29)/t21-/m0/s1. The molecule has 1 aliphatic rings. The normalized spacial score (nSPS) is 15.0. The summed E-state index contributed by atoms with van der Waals surface area (Å²) in [5, 5.41) is 12.0.